The molecule has 0 saturated carbocycles. The van der Waals surface area contributed by atoms with Crippen LogP contribution >= 0.6 is 0 Å². The number of carbonyl (C=O) groups excluding carboxylic acids is 2. The van der Waals surface area contributed by atoms with Crippen molar-refractivity contribution in [3.05, 3.63) is 31.2 Å². The predicted octanol–water partition coefficient (Wildman–Crippen LogP) is 6.85. The topological polar surface area (TPSA) is 55.4 Å². The van der Waals surface area contributed by atoms with E-state index in [0.29, 0.717) is 17.9 Å². The van der Waals surface area contributed by atoms with Gasteiger partial charge in [0.1, 0.15) is 5.75 Å². The summed E-state index contributed by atoms with van der Waals surface area (Å²) in [6.07, 6.45) is 17.4. The average molecular weight is 389 g/mol. The van der Waals surface area contributed by atoms with E-state index in [9.17, 15) is 9.59 Å². The summed E-state index contributed by atoms with van der Waals surface area (Å²) in [5.41, 5.74) is 0.637. The van der Waals surface area contributed by atoms with Crippen molar-refractivity contribution < 1.29 is 14.3 Å². The van der Waals surface area contributed by atoms with Crippen LogP contribution in [0.15, 0.2) is 24.3 Å². The number of ether oxygens (including phenoxy) is 1. The minimum absolute atomic E-state index is 0.00109. The molecule has 1 N–H and O–H groups in total. The maximum atomic E-state index is 12.0. The Kier molecular flexibility index (Phi) is 14.0. The van der Waals surface area contributed by atoms with E-state index in [4.69, 9.17) is 4.74 Å². The Bertz CT molecular complexity index is 557. The van der Waals surface area contributed by atoms with Crippen LogP contribution in [0.25, 0.3) is 0 Å². The Morgan fingerprint density at radius 1 is 0.857 bits per heavy atom. The maximum Gasteiger partial charge on any atom is 0.311 e. The molecule has 0 heterocycles. The number of amides is 1. The van der Waals surface area contributed by atoms with Crippen molar-refractivity contribution in [3.63, 3.8) is 0 Å². The summed E-state index contributed by atoms with van der Waals surface area (Å²) in [6, 6.07) is 6.80. The fraction of sp³-hybridized carbons (Fsp3) is 0.625. The van der Waals surface area contributed by atoms with Crippen LogP contribution in [0.1, 0.15) is 96.8 Å². The Hall–Kier alpha value is -1.84. The monoisotopic (exact) mass is 388 g/mol. The number of hydrogen-bond donors (Lipinski definition) is 1. The summed E-state index contributed by atoms with van der Waals surface area (Å²) in [5.74, 6) is -0.226. The second kappa shape index (κ2) is 16.1. The first-order chi connectivity index (χ1) is 13.6. The average Bonchev–Trinajstić information content (AvgIpc) is 2.65. The van der Waals surface area contributed by atoms with Crippen LogP contribution in [-0.2, 0) is 9.59 Å². The molecule has 0 spiro atoms. The maximum absolute atomic E-state index is 12.0. The minimum atomic E-state index is -0.615. The molecule has 0 bridgehead atoms. The van der Waals surface area contributed by atoms with Gasteiger partial charge in [0.05, 0.1) is 6.92 Å². The van der Waals surface area contributed by atoms with Crippen molar-refractivity contribution >= 4 is 17.6 Å². The van der Waals surface area contributed by atoms with E-state index in [2.05, 4.69) is 19.2 Å². The van der Waals surface area contributed by atoms with Gasteiger partial charge in [0.25, 0.3) is 0 Å². The quantitative estimate of drug-likeness (QED) is 0.191. The van der Waals surface area contributed by atoms with Gasteiger partial charge in [-0.15, -0.1) is 0 Å². The van der Waals surface area contributed by atoms with Gasteiger partial charge in [0, 0.05) is 18.2 Å². The molecule has 157 valence electrons. The summed E-state index contributed by atoms with van der Waals surface area (Å²) < 4.78 is 4.92. The van der Waals surface area contributed by atoms with Crippen LogP contribution in [-0.4, -0.2) is 11.9 Å². The van der Waals surface area contributed by atoms with Crippen LogP contribution in [0, 0.1) is 6.92 Å². The van der Waals surface area contributed by atoms with Crippen molar-refractivity contribution in [2.45, 2.75) is 96.8 Å². The van der Waals surface area contributed by atoms with Gasteiger partial charge in [0.15, 0.2) is 0 Å². The highest BCUT2D eigenvalue weighted by molar-refractivity contribution is 5.91. The fourth-order valence-corrected chi connectivity index (χ4v) is 3.30. The van der Waals surface area contributed by atoms with Gasteiger partial charge in [0.2, 0.25) is 5.91 Å². The van der Waals surface area contributed by atoms with Crippen LogP contribution in [0.2, 0.25) is 0 Å². The third-order valence-corrected chi connectivity index (χ3v) is 4.86. The number of nitrogens with one attached hydrogen (secondary N) is 1. The first kappa shape index (κ1) is 24.2. The standard InChI is InChI=1S/C24H38NO3/c1-3-4-5-6-7-8-9-10-11-12-13-14-15-19-24(27)25-22-17-16-18-23(20-22)28-21(2)26/h16-18,20H,2-15,19H2,1H3,(H,25,27). The third kappa shape index (κ3) is 13.3. The molecule has 0 aliphatic heterocycles. The molecule has 4 nitrogen and oxygen atoms in total. The molecule has 0 aromatic heterocycles. The van der Waals surface area contributed by atoms with Gasteiger partial charge in [-0.1, -0.05) is 90.0 Å². The van der Waals surface area contributed by atoms with E-state index in [0.717, 1.165) is 12.8 Å². The number of anilines is 1. The molecule has 4 heteroatoms. The highest BCUT2D eigenvalue weighted by atomic mass is 16.5. The summed E-state index contributed by atoms with van der Waals surface area (Å²) in [5, 5.41) is 2.85. The first-order valence-electron chi connectivity index (χ1n) is 11.1. The fourth-order valence-electron chi connectivity index (χ4n) is 3.30. The smallest absolute Gasteiger partial charge is 0.311 e. The van der Waals surface area contributed by atoms with Gasteiger partial charge in [-0.3, -0.25) is 9.59 Å². The SMILES string of the molecule is [CH2]C(=O)Oc1cccc(NC(=O)CCCCCCCCCCCCCCC)c1. The van der Waals surface area contributed by atoms with Crippen molar-refractivity contribution in [1.29, 1.82) is 0 Å². The second-order valence-corrected chi connectivity index (χ2v) is 7.54. The van der Waals surface area contributed by atoms with Crippen LogP contribution < -0.4 is 10.1 Å². The molecule has 0 saturated heterocycles. The zero-order valence-corrected chi connectivity index (χ0v) is 17.6. The number of rotatable bonds is 16. The zero-order valence-electron chi connectivity index (χ0n) is 17.6. The largest absolute Gasteiger partial charge is 0.426 e. The Labute approximate surface area is 171 Å². The van der Waals surface area contributed by atoms with Crippen LogP contribution in [0.3, 0.4) is 0 Å². The van der Waals surface area contributed by atoms with E-state index in [1.165, 1.54) is 70.6 Å². The summed E-state index contributed by atoms with van der Waals surface area (Å²) in [7, 11) is 0. The van der Waals surface area contributed by atoms with E-state index in [1.807, 2.05) is 0 Å². The van der Waals surface area contributed by atoms with Crippen LogP contribution in [0.5, 0.6) is 5.75 Å². The third-order valence-electron chi connectivity index (χ3n) is 4.86. The summed E-state index contributed by atoms with van der Waals surface area (Å²) in [6.45, 7) is 5.44. The molecule has 0 fully saturated rings. The lowest BCUT2D eigenvalue weighted by Gasteiger charge is -2.07. The number of hydrogen-bond acceptors (Lipinski definition) is 3. The molecule has 0 aliphatic rings. The van der Waals surface area contributed by atoms with Crippen molar-refractivity contribution in [3.8, 4) is 5.75 Å². The van der Waals surface area contributed by atoms with E-state index in [1.54, 1.807) is 24.3 Å². The number of carbonyl (C=O) groups is 2. The van der Waals surface area contributed by atoms with E-state index in [-0.39, 0.29) is 5.91 Å². The molecule has 1 aromatic rings. The van der Waals surface area contributed by atoms with Gasteiger partial charge in [-0.25, -0.2) is 0 Å². The number of unbranched alkanes of at least 4 members (excludes halogenated alkanes) is 12. The molecule has 0 unspecified atom stereocenters. The van der Waals surface area contributed by atoms with Crippen molar-refractivity contribution in [2.75, 3.05) is 5.32 Å². The normalized spacial score (nSPS) is 10.6. The van der Waals surface area contributed by atoms with Gasteiger partial charge in [-0.05, 0) is 18.6 Å². The molecule has 0 atom stereocenters. The molecule has 0 aliphatic carbocycles. The first-order valence-corrected chi connectivity index (χ1v) is 11.1. The molecule has 28 heavy (non-hydrogen) atoms. The lowest BCUT2D eigenvalue weighted by Crippen LogP contribution is -2.11. The summed E-state index contributed by atoms with van der Waals surface area (Å²) in [4.78, 5) is 22.9. The van der Waals surface area contributed by atoms with Gasteiger partial charge < -0.3 is 10.1 Å². The molecule has 1 amide bonds. The molecule has 1 aromatic carbocycles. The van der Waals surface area contributed by atoms with Crippen molar-refractivity contribution in [2.24, 2.45) is 0 Å². The molecule has 1 radical (unpaired) electrons. The van der Waals surface area contributed by atoms with Crippen LogP contribution in [0.4, 0.5) is 5.69 Å². The minimum Gasteiger partial charge on any atom is -0.426 e. The van der Waals surface area contributed by atoms with Gasteiger partial charge >= 0.3 is 5.97 Å². The molecular formula is C24H38NO3. The highest BCUT2D eigenvalue weighted by Gasteiger charge is 2.04. The van der Waals surface area contributed by atoms with E-state index >= 15 is 0 Å². The lowest BCUT2D eigenvalue weighted by atomic mass is 10.0. The van der Waals surface area contributed by atoms with Gasteiger partial charge in [-0.2, -0.15) is 0 Å². The van der Waals surface area contributed by atoms with Crippen molar-refractivity contribution in [1.82, 2.24) is 0 Å². The predicted molar refractivity (Wildman–Crippen MR) is 116 cm³/mol. The Morgan fingerprint density at radius 3 is 1.93 bits per heavy atom. The van der Waals surface area contributed by atoms with E-state index < -0.39 is 5.97 Å². The summed E-state index contributed by atoms with van der Waals surface area (Å²) >= 11 is 0. The second-order valence-electron chi connectivity index (χ2n) is 7.54. The lowest BCUT2D eigenvalue weighted by molar-refractivity contribution is -0.129. The highest BCUT2D eigenvalue weighted by Crippen LogP contribution is 2.18. The number of benzene rings is 1. The Morgan fingerprint density at radius 2 is 1.39 bits per heavy atom. The number of esters is 1. The Balaban J connectivity index is 1.97. The zero-order chi connectivity index (χ0) is 20.5. The molecule has 1 rings (SSSR count). The molecular weight excluding hydrogens is 350 g/mol.